The van der Waals surface area contributed by atoms with Gasteiger partial charge in [-0.3, -0.25) is 0 Å². The lowest BCUT2D eigenvalue weighted by Crippen LogP contribution is -2.05. The van der Waals surface area contributed by atoms with Crippen LogP contribution >= 0.6 is 0 Å². The van der Waals surface area contributed by atoms with Crippen LogP contribution in [0.1, 0.15) is 30.5 Å². The number of hydrogen-bond acceptors (Lipinski definition) is 2. The lowest BCUT2D eigenvalue weighted by molar-refractivity contribution is 0.334. The second-order valence-corrected chi connectivity index (χ2v) is 3.73. The normalized spacial score (nSPS) is 10.4. The van der Waals surface area contributed by atoms with E-state index in [1.165, 1.54) is 16.7 Å². The van der Waals surface area contributed by atoms with Gasteiger partial charge < -0.3 is 10.5 Å². The van der Waals surface area contributed by atoms with Gasteiger partial charge in [0, 0.05) is 0 Å². The van der Waals surface area contributed by atoms with E-state index >= 15 is 0 Å². The molecule has 0 saturated carbocycles. The molecule has 0 bridgehead atoms. The van der Waals surface area contributed by atoms with Crippen LogP contribution in [-0.4, -0.2) is 13.2 Å². The van der Waals surface area contributed by atoms with Crippen molar-refractivity contribution < 1.29 is 4.74 Å². The van der Waals surface area contributed by atoms with Gasteiger partial charge >= 0.3 is 0 Å². The molecule has 0 amide bonds. The summed E-state index contributed by atoms with van der Waals surface area (Å²) in [5, 5.41) is 0. The van der Waals surface area contributed by atoms with Gasteiger partial charge in [-0.1, -0.05) is 19.1 Å². The van der Waals surface area contributed by atoms with Crippen molar-refractivity contribution in [2.24, 2.45) is 5.73 Å². The zero-order valence-corrected chi connectivity index (χ0v) is 9.97. The molecule has 1 aromatic carbocycles. The second kappa shape index (κ2) is 5.76. The Morgan fingerprint density at radius 3 is 2.53 bits per heavy atom. The van der Waals surface area contributed by atoms with Crippen LogP contribution in [0.4, 0.5) is 0 Å². The van der Waals surface area contributed by atoms with Crippen LogP contribution in [-0.2, 0) is 12.8 Å². The van der Waals surface area contributed by atoms with Gasteiger partial charge in [-0.25, -0.2) is 0 Å². The van der Waals surface area contributed by atoms with Crippen LogP contribution in [0.25, 0.3) is 0 Å². The molecular formula is C13H21NO. The minimum absolute atomic E-state index is 0.705. The zero-order chi connectivity index (χ0) is 11.3. The highest BCUT2D eigenvalue weighted by Crippen LogP contribution is 2.26. The molecule has 2 N–H and O–H groups in total. The SMILES string of the molecule is CCOc1c(C)cc(CCN)cc1CC. The Balaban J connectivity index is 3.06. The van der Waals surface area contributed by atoms with Crippen molar-refractivity contribution in [2.75, 3.05) is 13.2 Å². The monoisotopic (exact) mass is 207 g/mol. The predicted molar refractivity (Wildman–Crippen MR) is 64.5 cm³/mol. The number of rotatable bonds is 5. The van der Waals surface area contributed by atoms with Gasteiger partial charge in [0.1, 0.15) is 5.75 Å². The summed E-state index contributed by atoms with van der Waals surface area (Å²) >= 11 is 0. The van der Waals surface area contributed by atoms with E-state index < -0.39 is 0 Å². The van der Waals surface area contributed by atoms with E-state index in [0.717, 1.165) is 25.2 Å². The fourth-order valence-corrected chi connectivity index (χ4v) is 1.85. The smallest absolute Gasteiger partial charge is 0.125 e. The predicted octanol–water partition coefficient (Wildman–Crippen LogP) is 2.46. The van der Waals surface area contributed by atoms with Crippen molar-refractivity contribution in [3.8, 4) is 5.75 Å². The molecule has 0 spiro atoms. The van der Waals surface area contributed by atoms with Crippen LogP contribution in [0.15, 0.2) is 12.1 Å². The molecule has 0 fully saturated rings. The van der Waals surface area contributed by atoms with Crippen molar-refractivity contribution in [1.29, 1.82) is 0 Å². The highest BCUT2D eigenvalue weighted by Gasteiger charge is 2.07. The minimum Gasteiger partial charge on any atom is -0.493 e. The average molecular weight is 207 g/mol. The summed E-state index contributed by atoms with van der Waals surface area (Å²) in [6.07, 6.45) is 1.95. The first-order valence-corrected chi connectivity index (χ1v) is 5.68. The molecule has 1 aromatic rings. The summed E-state index contributed by atoms with van der Waals surface area (Å²) in [5.74, 6) is 1.06. The van der Waals surface area contributed by atoms with Crippen LogP contribution in [0.5, 0.6) is 5.75 Å². The molecule has 0 atom stereocenters. The first kappa shape index (κ1) is 12.1. The summed E-state index contributed by atoms with van der Waals surface area (Å²) in [5.41, 5.74) is 9.40. The quantitative estimate of drug-likeness (QED) is 0.805. The highest BCUT2D eigenvalue weighted by atomic mass is 16.5. The molecular weight excluding hydrogens is 186 g/mol. The molecule has 0 aliphatic rings. The third kappa shape index (κ3) is 2.96. The Morgan fingerprint density at radius 2 is 2.00 bits per heavy atom. The number of nitrogens with two attached hydrogens (primary N) is 1. The van der Waals surface area contributed by atoms with E-state index in [2.05, 4.69) is 26.0 Å². The Kier molecular flexibility index (Phi) is 4.63. The number of benzene rings is 1. The maximum atomic E-state index is 5.66. The maximum absolute atomic E-state index is 5.66. The van der Waals surface area contributed by atoms with E-state index in [1.807, 2.05) is 6.92 Å². The second-order valence-electron chi connectivity index (χ2n) is 3.73. The van der Waals surface area contributed by atoms with Crippen LogP contribution < -0.4 is 10.5 Å². The van der Waals surface area contributed by atoms with Crippen LogP contribution in [0.2, 0.25) is 0 Å². The Morgan fingerprint density at radius 1 is 1.27 bits per heavy atom. The van der Waals surface area contributed by atoms with Crippen molar-refractivity contribution in [3.63, 3.8) is 0 Å². The molecule has 0 aliphatic heterocycles. The Bertz CT molecular complexity index is 321. The van der Waals surface area contributed by atoms with E-state index in [0.29, 0.717) is 6.54 Å². The average Bonchev–Trinajstić information content (AvgIpc) is 2.22. The molecule has 1 rings (SSSR count). The van der Waals surface area contributed by atoms with Crippen molar-refractivity contribution in [3.05, 3.63) is 28.8 Å². The standard InChI is InChI=1S/C13H21NO/c1-4-12-9-11(6-7-14)8-10(3)13(12)15-5-2/h8-9H,4-7,14H2,1-3H3. The molecule has 0 saturated heterocycles. The number of aryl methyl sites for hydroxylation is 2. The third-order valence-electron chi connectivity index (χ3n) is 2.51. The van der Waals surface area contributed by atoms with Gasteiger partial charge in [-0.05, 0) is 49.9 Å². The molecule has 0 unspecified atom stereocenters. The van der Waals surface area contributed by atoms with Gasteiger partial charge in [-0.15, -0.1) is 0 Å². The fourth-order valence-electron chi connectivity index (χ4n) is 1.85. The number of ether oxygens (including phenoxy) is 1. The molecule has 84 valence electrons. The van der Waals surface area contributed by atoms with E-state index in [9.17, 15) is 0 Å². The summed E-state index contributed by atoms with van der Waals surface area (Å²) in [4.78, 5) is 0. The van der Waals surface area contributed by atoms with Gasteiger partial charge in [0.2, 0.25) is 0 Å². The molecule has 0 aromatic heterocycles. The van der Waals surface area contributed by atoms with Crippen molar-refractivity contribution >= 4 is 0 Å². The van der Waals surface area contributed by atoms with E-state index in [4.69, 9.17) is 10.5 Å². The molecule has 0 heterocycles. The fraction of sp³-hybridized carbons (Fsp3) is 0.538. The molecule has 0 aliphatic carbocycles. The zero-order valence-electron chi connectivity index (χ0n) is 9.97. The van der Waals surface area contributed by atoms with E-state index in [1.54, 1.807) is 0 Å². The largest absolute Gasteiger partial charge is 0.493 e. The lowest BCUT2D eigenvalue weighted by atomic mass is 10.0. The summed E-state index contributed by atoms with van der Waals surface area (Å²) in [6.45, 7) is 7.71. The molecule has 2 nitrogen and oxygen atoms in total. The van der Waals surface area contributed by atoms with Crippen molar-refractivity contribution in [1.82, 2.24) is 0 Å². The Hall–Kier alpha value is -1.02. The highest BCUT2D eigenvalue weighted by molar-refractivity contribution is 5.44. The minimum atomic E-state index is 0.705. The first-order valence-electron chi connectivity index (χ1n) is 5.68. The Labute approximate surface area is 92.4 Å². The van der Waals surface area contributed by atoms with Gasteiger partial charge in [0.15, 0.2) is 0 Å². The maximum Gasteiger partial charge on any atom is 0.125 e. The van der Waals surface area contributed by atoms with Crippen molar-refractivity contribution in [2.45, 2.75) is 33.6 Å². The summed E-state index contributed by atoms with van der Waals surface area (Å²) in [6, 6.07) is 4.39. The number of hydrogen-bond donors (Lipinski definition) is 1. The third-order valence-corrected chi connectivity index (χ3v) is 2.51. The first-order chi connectivity index (χ1) is 7.22. The molecule has 2 heteroatoms. The van der Waals surface area contributed by atoms with Gasteiger partial charge in [0.25, 0.3) is 0 Å². The molecule has 15 heavy (non-hydrogen) atoms. The van der Waals surface area contributed by atoms with Crippen LogP contribution in [0, 0.1) is 6.92 Å². The lowest BCUT2D eigenvalue weighted by Gasteiger charge is -2.14. The van der Waals surface area contributed by atoms with Gasteiger partial charge in [0.05, 0.1) is 6.61 Å². The topological polar surface area (TPSA) is 35.2 Å². The molecule has 0 radical (unpaired) electrons. The summed E-state index contributed by atoms with van der Waals surface area (Å²) < 4.78 is 5.66. The van der Waals surface area contributed by atoms with Crippen LogP contribution in [0.3, 0.4) is 0 Å². The summed E-state index contributed by atoms with van der Waals surface area (Å²) in [7, 11) is 0. The van der Waals surface area contributed by atoms with Gasteiger partial charge in [-0.2, -0.15) is 0 Å². The van der Waals surface area contributed by atoms with E-state index in [-0.39, 0.29) is 0 Å².